The lowest BCUT2D eigenvalue weighted by molar-refractivity contribution is 0.0935. The fourth-order valence-corrected chi connectivity index (χ4v) is 1.47. The molecular weight excluding hydrogens is 204 g/mol. The quantitative estimate of drug-likeness (QED) is 0.702. The Kier molecular flexibility index (Phi) is 4.79. The van der Waals surface area contributed by atoms with Crippen molar-refractivity contribution in [3.63, 3.8) is 0 Å². The lowest BCUT2D eigenvalue weighted by Gasteiger charge is -2.14. The molecule has 0 aliphatic carbocycles. The molecule has 0 heterocycles. The molecular formula is C12H18N2O2. The second-order valence-electron chi connectivity index (χ2n) is 3.68. The van der Waals surface area contributed by atoms with Crippen molar-refractivity contribution in [3.8, 4) is 0 Å². The van der Waals surface area contributed by atoms with Crippen molar-refractivity contribution in [2.75, 3.05) is 19.0 Å². The van der Waals surface area contributed by atoms with Gasteiger partial charge in [0.25, 0.3) is 5.91 Å². The van der Waals surface area contributed by atoms with Crippen LogP contribution in [0.4, 0.5) is 5.69 Å². The minimum atomic E-state index is -0.120. The number of para-hydroxylation sites is 1. The van der Waals surface area contributed by atoms with Gasteiger partial charge in [-0.1, -0.05) is 12.1 Å². The van der Waals surface area contributed by atoms with Gasteiger partial charge in [0.15, 0.2) is 0 Å². The van der Waals surface area contributed by atoms with E-state index in [1.807, 2.05) is 25.1 Å². The van der Waals surface area contributed by atoms with E-state index in [1.165, 1.54) is 0 Å². The average Bonchev–Trinajstić information content (AvgIpc) is 2.29. The van der Waals surface area contributed by atoms with Crippen LogP contribution in [0.3, 0.4) is 0 Å². The molecule has 0 saturated carbocycles. The zero-order chi connectivity index (χ0) is 12.0. The maximum Gasteiger partial charge on any atom is 0.253 e. The van der Waals surface area contributed by atoms with Crippen molar-refractivity contribution in [1.82, 2.24) is 5.32 Å². The van der Waals surface area contributed by atoms with Gasteiger partial charge in [-0.2, -0.15) is 0 Å². The number of rotatable bonds is 5. The Labute approximate surface area is 95.7 Å². The normalized spacial score (nSPS) is 11.9. The van der Waals surface area contributed by atoms with Gasteiger partial charge in [0, 0.05) is 25.4 Å². The van der Waals surface area contributed by atoms with Crippen LogP contribution in [0.5, 0.6) is 0 Å². The van der Waals surface area contributed by atoms with Gasteiger partial charge in [-0.15, -0.1) is 0 Å². The van der Waals surface area contributed by atoms with Crippen molar-refractivity contribution in [2.45, 2.75) is 19.4 Å². The summed E-state index contributed by atoms with van der Waals surface area (Å²) < 4.78 is 0. The van der Waals surface area contributed by atoms with E-state index in [4.69, 9.17) is 5.11 Å². The van der Waals surface area contributed by atoms with Crippen LogP contribution in [-0.4, -0.2) is 30.7 Å². The van der Waals surface area contributed by atoms with Gasteiger partial charge in [-0.25, -0.2) is 0 Å². The molecule has 88 valence electrons. The molecule has 1 aromatic carbocycles. The largest absolute Gasteiger partial charge is 0.396 e. The number of anilines is 1. The lowest BCUT2D eigenvalue weighted by atomic mass is 10.1. The van der Waals surface area contributed by atoms with Crippen molar-refractivity contribution < 1.29 is 9.90 Å². The zero-order valence-corrected chi connectivity index (χ0v) is 9.66. The van der Waals surface area contributed by atoms with Crippen molar-refractivity contribution in [2.24, 2.45) is 0 Å². The molecule has 1 atom stereocenters. The molecule has 0 aromatic heterocycles. The van der Waals surface area contributed by atoms with Gasteiger partial charge in [0.05, 0.1) is 5.56 Å². The van der Waals surface area contributed by atoms with Gasteiger partial charge in [0.2, 0.25) is 0 Å². The van der Waals surface area contributed by atoms with Gasteiger partial charge in [-0.05, 0) is 25.5 Å². The number of aliphatic hydroxyl groups is 1. The van der Waals surface area contributed by atoms with Crippen molar-refractivity contribution >= 4 is 11.6 Å². The molecule has 0 spiro atoms. The zero-order valence-electron chi connectivity index (χ0n) is 9.66. The van der Waals surface area contributed by atoms with Crippen LogP contribution in [0.15, 0.2) is 24.3 Å². The molecule has 4 nitrogen and oxygen atoms in total. The fourth-order valence-electron chi connectivity index (χ4n) is 1.47. The summed E-state index contributed by atoms with van der Waals surface area (Å²) in [6.45, 7) is 1.95. The third kappa shape index (κ3) is 3.24. The molecule has 0 fully saturated rings. The number of hydrogen-bond acceptors (Lipinski definition) is 3. The molecule has 1 unspecified atom stereocenters. The Morgan fingerprint density at radius 2 is 2.12 bits per heavy atom. The summed E-state index contributed by atoms with van der Waals surface area (Å²) in [6, 6.07) is 7.30. The molecule has 0 aliphatic rings. The van der Waals surface area contributed by atoms with E-state index < -0.39 is 0 Å². The molecule has 0 radical (unpaired) electrons. The smallest absolute Gasteiger partial charge is 0.253 e. The first-order valence-corrected chi connectivity index (χ1v) is 5.37. The lowest BCUT2D eigenvalue weighted by Crippen LogP contribution is -2.33. The second-order valence-corrected chi connectivity index (χ2v) is 3.68. The molecule has 1 aromatic rings. The third-order valence-corrected chi connectivity index (χ3v) is 2.38. The molecule has 0 aliphatic heterocycles. The van der Waals surface area contributed by atoms with Crippen molar-refractivity contribution in [3.05, 3.63) is 29.8 Å². The Hall–Kier alpha value is -1.55. The first-order chi connectivity index (χ1) is 7.69. The van der Waals surface area contributed by atoms with Crippen molar-refractivity contribution in [1.29, 1.82) is 0 Å². The van der Waals surface area contributed by atoms with Gasteiger partial charge in [0.1, 0.15) is 0 Å². The Morgan fingerprint density at radius 1 is 1.44 bits per heavy atom. The molecule has 4 heteroatoms. The maximum absolute atomic E-state index is 11.9. The highest BCUT2D eigenvalue weighted by atomic mass is 16.3. The molecule has 16 heavy (non-hydrogen) atoms. The molecule has 1 rings (SSSR count). The van der Waals surface area contributed by atoms with E-state index in [0.717, 1.165) is 5.69 Å². The van der Waals surface area contributed by atoms with Crippen LogP contribution in [0.2, 0.25) is 0 Å². The monoisotopic (exact) mass is 222 g/mol. The van der Waals surface area contributed by atoms with Crippen LogP contribution in [0.1, 0.15) is 23.7 Å². The molecule has 1 amide bonds. The van der Waals surface area contributed by atoms with E-state index in [1.54, 1.807) is 13.1 Å². The van der Waals surface area contributed by atoms with Crippen LogP contribution < -0.4 is 10.6 Å². The van der Waals surface area contributed by atoms with E-state index >= 15 is 0 Å². The van der Waals surface area contributed by atoms with Crippen LogP contribution >= 0.6 is 0 Å². The van der Waals surface area contributed by atoms with Gasteiger partial charge >= 0.3 is 0 Å². The van der Waals surface area contributed by atoms with Gasteiger partial charge in [-0.3, -0.25) is 4.79 Å². The molecule has 0 bridgehead atoms. The average molecular weight is 222 g/mol. The van der Waals surface area contributed by atoms with E-state index in [0.29, 0.717) is 12.0 Å². The summed E-state index contributed by atoms with van der Waals surface area (Å²) in [4.78, 5) is 11.9. The summed E-state index contributed by atoms with van der Waals surface area (Å²) >= 11 is 0. The standard InChI is InChI=1S/C12H18N2O2/c1-9(7-8-15)14-12(16)10-5-3-4-6-11(10)13-2/h3-6,9,13,15H,7-8H2,1-2H3,(H,14,16). The summed E-state index contributed by atoms with van der Waals surface area (Å²) in [6.07, 6.45) is 0.563. The van der Waals surface area contributed by atoms with Crippen LogP contribution in [-0.2, 0) is 0 Å². The summed E-state index contributed by atoms with van der Waals surface area (Å²) in [5.74, 6) is -0.120. The SMILES string of the molecule is CNc1ccccc1C(=O)NC(C)CCO. The number of benzene rings is 1. The first kappa shape index (κ1) is 12.5. The molecule has 0 saturated heterocycles. The third-order valence-electron chi connectivity index (χ3n) is 2.38. The maximum atomic E-state index is 11.9. The Balaban J connectivity index is 2.72. The van der Waals surface area contributed by atoms with Crippen LogP contribution in [0.25, 0.3) is 0 Å². The summed E-state index contributed by atoms with van der Waals surface area (Å²) in [7, 11) is 1.78. The minimum Gasteiger partial charge on any atom is -0.396 e. The Bertz CT molecular complexity index is 353. The summed E-state index contributed by atoms with van der Waals surface area (Å²) in [5.41, 5.74) is 1.42. The minimum absolute atomic E-state index is 0.0255. The number of hydrogen-bond donors (Lipinski definition) is 3. The highest BCUT2D eigenvalue weighted by Crippen LogP contribution is 2.14. The number of carbonyl (C=O) groups is 1. The van der Waals surface area contributed by atoms with E-state index in [2.05, 4.69) is 10.6 Å². The van der Waals surface area contributed by atoms with Gasteiger partial charge < -0.3 is 15.7 Å². The fraction of sp³-hybridized carbons (Fsp3) is 0.417. The summed E-state index contributed by atoms with van der Waals surface area (Å²) in [5, 5.41) is 14.6. The topological polar surface area (TPSA) is 61.4 Å². The number of aliphatic hydroxyl groups excluding tert-OH is 1. The first-order valence-electron chi connectivity index (χ1n) is 5.37. The number of amides is 1. The molecule has 3 N–H and O–H groups in total. The predicted molar refractivity (Wildman–Crippen MR) is 64.6 cm³/mol. The second kappa shape index (κ2) is 6.12. The number of nitrogens with one attached hydrogen (secondary N) is 2. The van der Waals surface area contributed by atoms with E-state index in [9.17, 15) is 4.79 Å². The van der Waals surface area contributed by atoms with E-state index in [-0.39, 0.29) is 18.6 Å². The van der Waals surface area contributed by atoms with Crippen LogP contribution in [0, 0.1) is 0 Å². The highest BCUT2D eigenvalue weighted by Gasteiger charge is 2.12. The predicted octanol–water partition coefficient (Wildman–Crippen LogP) is 1.23. The number of carbonyl (C=O) groups excluding carboxylic acids is 1. The highest BCUT2D eigenvalue weighted by molar-refractivity contribution is 5.99. The Morgan fingerprint density at radius 3 is 2.75 bits per heavy atom.